The monoisotopic (exact) mass is 221 g/mol. The van der Waals surface area contributed by atoms with Crippen molar-refractivity contribution in [2.75, 3.05) is 5.32 Å². The molecule has 0 heterocycles. The standard InChI is InChI=1S/C13H19NO2/c1-9(2)8-11-4-6-12(7-5-11)14-13(16)10(3)15/h4-7,9-10,15H,8H2,1-3H3,(H,14,16). The van der Waals surface area contributed by atoms with Crippen LogP contribution in [-0.4, -0.2) is 17.1 Å². The average molecular weight is 221 g/mol. The predicted octanol–water partition coefficient (Wildman–Crippen LogP) is 2.20. The fourth-order valence-corrected chi connectivity index (χ4v) is 1.44. The molecular formula is C13H19NO2. The lowest BCUT2D eigenvalue weighted by atomic mass is 10.0. The van der Waals surface area contributed by atoms with Gasteiger partial charge in [0.1, 0.15) is 6.10 Å². The van der Waals surface area contributed by atoms with Gasteiger partial charge in [-0.05, 0) is 37.0 Å². The second-order valence-corrected chi connectivity index (χ2v) is 4.46. The van der Waals surface area contributed by atoms with Crippen molar-refractivity contribution in [2.24, 2.45) is 5.92 Å². The van der Waals surface area contributed by atoms with Crippen LogP contribution in [-0.2, 0) is 11.2 Å². The molecule has 0 saturated carbocycles. The van der Waals surface area contributed by atoms with Gasteiger partial charge in [-0.2, -0.15) is 0 Å². The van der Waals surface area contributed by atoms with Gasteiger partial charge in [-0.1, -0.05) is 26.0 Å². The van der Waals surface area contributed by atoms with Gasteiger partial charge in [-0.3, -0.25) is 4.79 Å². The number of aliphatic hydroxyl groups excluding tert-OH is 1. The summed E-state index contributed by atoms with van der Waals surface area (Å²) in [5.41, 5.74) is 1.98. The van der Waals surface area contributed by atoms with E-state index in [-0.39, 0.29) is 5.91 Å². The maximum Gasteiger partial charge on any atom is 0.252 e. The number of hydrogen-bond donors (Lipinski definition) is 2. The zero-order valence-electron chi connectivity index (χ0n) is 10.0. The van der Waals surface area contributed by atoms with Crippen LogP contribution in [0.5, 0.6) is 0 Å². The van der Waals surface area contributed by atoms with Crippen molar-refractivity contribution in [2.45, 2.75) is 33.3 Å². The summed E-state index contributed by atoms with van der Waals surface area (Å²) in [6.07, 6.45) is 0.0558. The molecule has 1 rings (SSSR count). The predicted molar refractivity (Wildman–Crippen MR) is 65.3 cm³/mol. The molecule has 88 valence electrons. The molecule has 3 heteroatoms. The van der Waals surface area contributed by atoms with Crippen molar-refractivity contribution in [3.05, 3.63) is 29.8 Å². The van der Waals surface area contributed by atoms with E-state index in [0.29, 0.717) is 5.92 Å². The van der Waals surface area contributed by atoms with E-state index in [1.54, 1.807) is 0 Å². The highest BCUT2D eigenvalue weighted by molar-refractivity contribution is 5.93. The third kappa shape index (κ3) is 4.03. The van der Waals surface area contributed by atoms with E-state index in [4.69, 9.17) is 5.11 Å². The molecule has 1 aromatic carbocycles. The molecule has 0 fully saturated rings. The first kappa shape index (κ1) is 12.7. The zero-order valence-corrected chi connectivity index (χ0v) is 10.0. The number of rotatable bonds is 4. The summed E-state index contributed by atoms with van der Waals surface area (Å²) < 4.78 is 0. The first-order valence-corrected chi connectivity index (χ1v) is 5.57. The molecule has 0 aliphatic carbocycles. The highest BCUT2D eigenvalue weighted by atomic mass is 16.3. The molecule has 1 atom stereocenters. The third-order valence-electron chi connectivity index (χ3n) is 2.24. The molecule has 16 heavy (non-hydrogen) atoms. The van der Waals surface area contributed by atoms with Crippen molar-refractivity contribution in [3.63, 3.8) is 0 Å². The lowest BCUT2D eigenvalue weighted by Crippen LogP contribution is -2.24. The topological polar surface area (TPSA) is 49.3 Å². The van der Waals surface area contributed by atoms with Gasteiger partial charge in [0.05, 0.1) is 0 Å². The van der Waals surface area contributed by atoms with Crippen LogP contribution in [0.3, 0.4) is 0 Å². The van der Waals surface area contributed by atoms with Crippen LogP contribution in [0.4, 0.5) is 5.69 Å². The highest BCUT2D eigenvalue weighted by Crippen LogP contribution is 2.13. The van der Waals surface area contributed by atoms with E-state index in [1.807, 2.05) is 24.3 Å². The molecular weight excluding hydrogens is 202 g/mol. The molecule has 2 N–H and O–H groups in total. The van der Waals surface area contributed by atoms with Gasteiger partial charge in [-0.15, -0.1) is 0 Å². The van der Waals surface area contributed by atoms with E-state index >= 15 is 0 Å². The summed E-state index contributed by atoms with van der Waals surface area (Å²) in [4.78, 5) is 11.2. The molecule has 0 spiro atoms. The summed E-state index contributed by atoms with van der Waals surface area (Å²) in [6.45, 7) is 5.79. The fourth-order valence-electron chi connectivity index (χ4n) is 1.44. The fraction of sp³-hybridized carbons (Fsp3) is 0.462. The molecule has 0 aromatic heterocycles. The summed E-state index contributed by atoms with van der Waals surface area (Å²) in [7, 11) is 0. The number of amides is 1. The van der Waals surface area contributed by atoms with Gasteiger partial charge in [0, 0.05) is 5.69 Å². The van der Waals surface area contributed by atoms with E-state index in [1.165, 1.54) is 12.5 Å². The van der Waals surface area contributed by atoms with Gasteiger partial charge in [0.2, 0.25) is 0 Å². The van der Waals surface area contributed by atoms with E-state index in [2.05, 4.69) is 19.2 Å². The molecule has 0 bridgehead atoms. The van der Waals surface area contributed by atoms with Crippen LogP contribution in [0.1, 0.15) is 26.3 Å². The molecule has 0 saturated heterocycles. The molecule has 1 aromatic rings. The Balaban J connectivity index is 2.61. The molecule has 1 amide bonds. The van der Waals surface area contributed by atoms with Gasteiger partial charge in [0.25, 0.3) is 5.91 Å². The second-order valence-electron chi connectivity index (χ2n) is 4.46. The van der Waals surface area contributed by atoms with E-state index in [9.17, 15) is 4.79 Å². The lowest BCUT2D eigenvalue weighted by molar-refractivity contribution is -0.123. The average Bonchev–Trinajstić information content (AvgIpc) is 2.20. The first-order chi connectivity index (χ1) is 7.49. The third-order valence-corrected chi connectivity index (χ3v) is 2.24. The maximum absolute atomic E-state index is 11.2. The second kappa shape index (κ2) is 5.66. The summed E-state index contributed by atoms with van der Waals surface area (Å²) in [5, 5.41) is 11.7. The normalized spacial score (nSPS) is 12.6. The largest absolute Gasteiger partial charge is 0.384 e. The van der Waals surface area contributed by atoms with E-state index < -0.39 is 6.10 Å². The van der Waals surface area contributed by atoms with Gasteiger partial charge in [-0.25, -0.2) is 0 Å². The summed E-state index contributed by atoms with van der Waals surface area (Å²) in [5.74, 6) is 0.245. The minimum Gasteiger partial charge on any atom is -0.384 e. The van der Waals surface area contributed by atoms with E-state index in [0.717, 1.165) is 12.1 Å². The van der Waals surface area contributed by atoms with Crippen LogP contribution in [0.15, 0.2) is 24.3 Å². The van der Waals surface area contributed by atoms with Gasteiger partial charge >= 0.3 is 0 Å². The molecule has 3 nitrogen and oxygen atoms in total. The van der Waals surface area contributed by atoms with Crippen molar-refractivity contribution >= 4 is 11.6 Å². The Morgan fingerprint density at radius 2 is 1.81 bits per heavy atom. The number of aliphatic hydroxyl groups is 1. The molecule has 0 aliphatic heterocycles. The number of nitrogens with one attached hydrogen (secondary N) is 1. The van der Waals surface area contributed by atoms with Crippen LogP contribution in [0.25, 0.3) is 0 Å². The number of carbonyl (C=O) groups excluding carboxylic acids is 1. The highest BCUT2D eigenvalue weighted by Gasteiger charge is 2.08. The van der Waals surface area contributed by atoms with Gasteiger partial charge < -0.3 is 10.4 Å². The molecule has 0 aliphatic rings. The zero-order chi connectivity index (χ0) is 12.1. The maximum atomic E-state index is 11.2. The van der Waals surface area contributed by atoms with Crippen molar-refractivity contribution in [3.8, 4) is 0 Å². The Kier molecular flexibility index (Phi) is 4.50. The van der Waals surface area contributed by atoms with Crippen LogP contribution >= 0.6 is 0 Å². The quantitative estimate of drug-likeness (QED) is 0.819. The Morgan fingerprint density at radius 1 is 1.25 bits per heavy atom. The minimum atomic E-state index is -0.977. The minimum absolute atomic E-state index is 0.378. The summed E-state index contributed by atoms with van der Waals surface area (Å²) in [6, 6.07) is 7.71. The number of benzene rings is 1. The number of carbonyl (C=O) groups is 1. The number of hydrogen-bond acceptors (Lipinski definition) is 2. The van der Waals surface area contributed by atoms with Gasteiger partial charge in [0.15, 0.2) is 0 Å². The Morgan fingerprint density at radius 3 is 2.25 bits per heavy atom. The number of anilines is 1. The van der Waals surface area contributed by atoms with Crippen LogP contribution in [0.2, 0.25) is 0 Å². The van der Waals surface area contributed by atoms with Crippen molar-refractivity contribution < 1.29 is 9.90 Å². The molecule has 0 radical (unpaired) electrons. The Bertz CT molecular complexity index is 341. The lowest BCUT2D eigenvalue weighted by Gasteiger charge is -2.09. The SMILES string of the molecule is CC(C)Cc1ccc(NC(=O)C(C)O)cc1. The Hall–Kier alpha value is -1.35. The van der Waals surface area contributed by atoms with Crippen molar-refractivity contribution in [1.29, 1.82) is 0 Å². The molecule has 1 unspecified atom stereocenters. The Labute approximate surface area is 96.5 Å². The smallest absolute Gasteiger partial charge is 0.252 e. The first-order valence-electron chi connectivity index (χ1n) is 5.57. The van der Waals surface area contributed by atoms with Crippen molar-refractivity contribution in [1.82, 2.24) is 0 Å². The summed E-state index contributed by atoms with van der Waals surface area (Å²) >= 11 is 0. The van der Waals surface area contributed by atoms with Crippen LogP contribution in [0, 0.1) is 5.92 Å². The van der Waals surface area contributed by atoms with Crippen LogP contribution < -0.4 is 5.32 Å².